The third-order valence-electron chi connectivity index (χ3n) is 6.25. The molecule has 42 heavy (non-hydrogen) atoms. The zero-order valence-electron chi connectivity index (χ0n) is 25.9. The zero-order valence-corrected chi connectivity index (χ0v) is 25.9. The Morgan fingerprint density at radius 3 is 1.71 bits per heavy atom. The van der Waals surface area contributed by atoms with Crippen molar-refractivity contribution in [1.82, 2.24) is 0 Å². The van der Waals surface area contributed by atoms with Gasteiger partial charge in [-0.05, 0) is 57.7 Å². The fourth-order valence-corrected chi connectivity index (χ4v) is 4.12. The number of carbonyl (C=O) groups excluding carboxylic acids is 4. The summed E-state index contributed by atoms with van der Waals surface area (Å²) in [5.41, 5.74) is 5.25. The Morgan fingerprint density at radius 1 is 0.762 bits per heavy atom. The molecule has 0 amide bonds. The molecule has 0 spiro atoms. The minimum absolute atomic E-state index is 0.0937. The lowest BCUT2D eigenvalue weighted by Gasteiger charge is -2.27. The van der Waals surface area contributed by atoms with Crippen LogP contribution in [0.25, 0.3) is 0 Å². The van der Waals surface area contributed by atoms with Crippen LogP contribution in [-0.2, 0) is 34.9 Å². The largest absolute Gasteiger partial charge is 0.514 e. The summed E-state index contributed by atoms with van der Waals surface area (Å²) in [7, 11) is 1.19. The van der Waals surface area contributed by atoms with Crippen molar-refractivity contribution in [3.63, 3.8) is 0 Å². The molecular formula is C30H47NO11. The zero-order chi connectivity index (χ0) is 31.7. The van der Waals surface area contributed by atoms with Crippen molar-refractivity contribution in [3.05, 3.63) is 23.8 Å². The molecule has 0 aliphatic heterocycles. The van der Waals surface area contributed by atoms with Crippen molar-refractivity contribution in [2.45, 2.75) is 117 Å². The number of nitrogens with two attached hydrogens (primary N) is 1. The van der Waals surface area contributed by atoms with E-state index >= 15 is 0 Å². The molecule has 0 saturated carbocycles. The molecule has 0 aliphatic carbocycles. The van der Waals surface area contributed by atoms with Crippen molar-refractivity contribution < 1.29 is 52.3 Å². The van der Waals surface area contributed by atoms with Crippen molar-refractivity contribution in [2.24, 2.45) is 5.73 Å². The predicted molar refractivity (Wildman–Crippen MR) is 153 cm³/mol. The molecular weight excluding hydrogens is 550 g/mol. The van der Waals surface area contributed by atoms with E-state index < -0.39 is 36.1 Å². The van der Waals surface area contributed by atoms with Gasteiger partial charge in [0.2, 0.25) is 0 Å². The molecule has 1 aromatic carbocycles. The Morgan fingerprint density at radius 2 is 1.24 bits per heavy atom. The van der Waals surface area contributed by atoms with Crippen molar-refractivity contribution in [1.29, 1.82) is 0 Å². The highest BCUT2D eigenvalue weighted by atomic mass is 16.8. The van der Waals surface area contributed by atoms with Gasteiger partial charge in [0.15, 0.2) is 11.5 Å². The maximum Gasteiger partial charge on any atom is 0.514 e. The van der Waals surface area contributed by atoms with E-state index in [4.69, 9.17) is 38.9 Å². The average molecular weight is 598 g/mol. The van der Waals surface area contributed by atoms with Gasteiger partial charge in [0.25, 0.3) is 0 Å². The normalized spacial score (nSPS) is 14.4. The Labute approximate surface area is 248 Å². The summed E-state index contributed by atoms with van der Waals surface area (Å²) < 4.78 is 36.4. The summed E-state index contributed by atoms with van der Waals surface area (Å²) in [5, 5.41) is 0. The van der Waals surface area contributed by atoms with Gasteiger partial charge in [0.05, 0.1) is 13.7 Å². The van der Waals surface area contributed by atoms with E-state index in [1.165, 1.54) is 19.2 Å². The van der Waals surface area contributed by atoms with Gasteiger partial charge < -0.3 is 38.9 Å². The first-order chi connectivity index (χ1) is 19.9. The van der Waals surface area contributed by atoms with Crippen LogP contribution in [0.2, 0.25) is 0 Å². The molecule has 0 bridgehead atoms. The maximum absolute atomic E-state index is 12.7. The van der Waals surface area contributed by atoms with Crippen LogP contribution in [0.15, 0.2) is 18.2 Å². The van der Waals surface area contributed by atoms with Crippen molar-refractivity contribution >= 4 is 24.4 Å². The highest BCUT2D eigenvalue weighted by molar-refractivity contribution is 5.81. The van der Waals surface area contributed by atoms with Crippen LogP contribution in [0.3, 0.4) is 0 Å². The highest BCUT2D eigenvalue weighted by Gasteiger charge is 2.36. The molecule has 1 rings (SSSR count). The van der Waals surface area contributed by atoms with E-state index in [0.29, 0.717) is 24.8 Å². The molecule has 238 valence electrons. The fourth-order valence-electron chi connectivity index (χ4n) is 4.12. The fraction of sp³-hybridized carbons (Fsp3) is 0.667. The summed E-state index contributed by atoms with van der Waals surface area (Å²) in [6, 6.07) is 4.33. The van der Waals surface area contributed by atoms with Gasteiger partial charge in [-0.25, -0.2) is 14.4 Å². The third-order valence-corrected chi connectivity index (χ3v) is 6.25. The van der Waals surface area contributed by atoms with Crippen molar-refractivity contribution in [2.75, 3.05) is 13.7 Å². The lowest BCUT2D eigenvalue weighted by atomic mass is 9.88. The van der Waals surface area contributed by atoms with Gasteiger partial charge in [-0.1, -0.05) is 46.1 Å². The van der Waals surface area contributed by atoms with Crippen LogP contribution in [0, 0.1) is 0 Å². The molecule has 0 aliphatic rings. The predicted octanol–water partition coefficient (Wildman–Crippen LogP) is 6.24. The summed E-state index contributed by atoms with van der Waals surface area (Å²) in [4.78, 5) is 49.5. The summed E-state index contributed by atoms with van der Waals surface area (Å²) in [6.45, 7) is 10.9. The van der Waals surface area contributed by atoms with Crippen LogP contribution in [-0.4, -0.2) is 62.0 Å². The molecule has 0 radical (unpaired) electrons. The molecule has 0 fully saturated rings. The average Bonchev–Trinajstić information content (AvgIpc) is 2.89. The minimum atomic E-state index is -1.62. The molecule has 0 heterocycles. The number of benzene rings is 1. The van der Waals surface area contributed by atoms with Crippen molar-refractivity contribution in [3.8, 4) is 11.5 Å². The number of carbonyl (C=O) groups is 4. The topological polar surface area (TPSA) is 159 Å². The third kappa shape index (κ3) is 13.4. The number of ether oxygens (including phenoxy) is 7. The van der Waals surface area contributed by atoms with Gasteiger partial charge in [-0.15, -0.1) is 0 Å². The Hall–Kier alpha value is -3.54. The standard InChI is InChI=1S/C30H47NO11/c1-8-11-20(4)38-27(33)37-17-16-30(31,26(32)36-7)19-23-14-15-24(41-28(34)39-21(5)12-9-2)25(18-23)42-29(35)40-22(6)13-10-3/h14-15,18,20-22H,8-13,16-17,19,31H2,1-7H3/t20-,21?,22?,30+/m0/s1. The van der Waals surface area contributed by atoms with E-state index in [0.717, 1.165) is 19.3 Å². The number of esters is 1. The molecule has 0 aromatic heterocycles. The van der Waals surface area contributed by atoms with Crippen LogP contribution in [0.1, 0.15) is 92.1 Å². The minimum Gasteiger partial charge on any atom is -0.468 e. The number of hydrogen-bond donors (Lipinski definition) is 1. The lowest BCUT2D eigenvalue weighted by Crippen LogP contribution is -2.51. The van der Waals surface area contributed by atoms with Crippen LogP contribution in [0.5, 0.6) is 11.5 Å². The highest BCUT2D eigenvalue weighted by Crippen LogP contribution is 2.31. The maximum atomic E-state index is 12.7. The number of rotatable bonds is 17. The Balaban J connectivity index is 3.15. The van der Waals surface area contributed by atoms with Crippen LogP contribution >= 0.6 is 0 Å². The molecule has 2 N–H and O–H groups in total. The van der Waals surface area contributed by atoms with E-state index in [-0.39, 0.29) is 43.2 Å². The summed E-state index contributed by atoms with van der Waals surface area (Å²) in [5.74, 6) is -0.985. The quantitative estimate of drug-likeness (QED) is 0.123. The summed E-state index contributed by atoms with van der Waals surface area (Å²) in [6.07, 6.45) is 0.288. The Bertz CT molecular complexity index is 1010. The number of methoxy groups -OCH3 is 1. The van der Waals surface area contributed by atoms with Gasteiger partial charge in [0, 0.05) is 12.8 Å². The van der Waals surface area contributed by atoms with Gasteiger partial charge in [-0.2, -0.15) is 0 Å². The van der Waals surface area contributed by atoms with Crippen LogP contribution < -0.4 is 15.2 Å². The Kier molecular flexibility index (Phi) is 16.3. The van der Waals surface area contributed by atoms with Gasteiger partial charge in [-0.3, -0.25) is 4.79 Å². The molecule has 0 saturated heterocycles. The molecule has 12 nitrogen and oxygen atoms in total. The first kappa shape index (κ1) is 36.5. The lowest BCUT2D eigenvalue weighted by molar-refractivity contribution is -0.147. The monoisotopic (exact) mass is 597 g/mol. The van der Waals surface area contributed by atoms with E-state index in [1.54, 1.807) is 26.8 Å². The second-order valence-corrected chi connectivity index (χ2v) is 10.3. The van der Waals surface area contributed by atoms with Gasteiger partial charge in [0.1, 0.15) is 23.9 Å². The smallest absolute Gasteiger partial charge is 0.468 e. The van der Waals surface area contributed by atoms with Gasteiger partial charge >= 0.3 is 24.4 Å². The number of hydrogen-bond acceptors (Lipinski definition) is 12. The molecule has 1 aromatic rings. The van der Waals surface area contributed by atoms with E-state index in [9.17, 15) is 19.2 Å². The molecule has 12 heteroatoms. The van der Waals surface area contributed by atoms with E-state index in [1.807, 2.05) is 20.8 Å². The van der Waals surface area contributed by atoms with Crippen LogP contribution in [0.4, 0.5) is 14.4 Å². The SMILES string of the molecule is CCCC(C)OC(=O)Oc1ccc(C[C@](N)(CCOC(=O)O[C@@H](C)CCC)C(=O)OC)cc1OC(=O)OC(C)CCC. The second kappa shape index (κ2) is 18.8. The molecule has 2 unspecified atom stereocenters. The van der Waals surface area contributed by atoms with E-state index in [2.05, 4.69) is 0 Å². The first-order valence-electron chi connectivity index (χ1n) is 14.5. The second-order valence-electron chi connectivity index (χ2n) is 10.3. The first-order valence-corrected chi connectivity index (χ1v) is 14.5. The molecule has 4 atom stereocenters. The summed E-state index contributed by atoms with van der Waals surface area (Å²) >= 11 is 0.